The molecule has 0 bridgehead atoms. The minimum absolute atomic E-state index is 0.548. The van der Waals surface area contributed by atoms with E-state index >= 15 is 0 Å². The maximum atomic E-state index is 5.78. The molecule has 6 heteroatoms. The van der Waals surface area contributed by atoms with E-state index < -0.39 is 0 Å². The molecule has 25 heavy (non-hydrogen) atoms. The maximum absolute atomic E-state index is 5.78. The van der Waals surface area contributed by atoms with Crippen LogP contribution in [0, 0.1) is 5.92 Å². The zero-order valence-corrected chi connectivity index (χ0v) is 15.2. The summed E-state index contributed by atoms with van der Waals surface area (Å²) in [5.74, 6) is 3.04. The van der Waals surface area contributed by atoms with Gasteiger partial charge in [0.05, 0.1) is 6.54 Å². The Morgan fingerprint density at radius 2 is 1.80 bits per heavy atom. The Morgan fingerprint density at radius 1 is 1.08 bits per heavy atom. The van der Waals surface area contributed by atoms with E-state index in [1.165, 1.54) is 0 Å². The van der Waals surface area contributed by atoms with Crippen LogP contribution in [0.3, 0.4) is 0 Å². The molecule has 1 aromatic heterocycles. The van der Waals surface area contributed by atoms with Crippen LogP contribution in [0.25, 0.3) is 0 Å². The van der Waals surface area contributed by atoms with Gasteiger partial charge in [-0.3, -0.25) is 9.80 Å². The minimum Gasteiger partial charge on any atom is -0.492 e. The summed E-state index contributed by atoms with van der Waals surface area (Å²) in [6.07, 6.45) is 0.874. The van der Waals surface area contributed by atoms with Crippen molar-refractivity contribution in [1.82, 2.24) is 19.9 Å². The van der Waals surface area contributed by atoms with Gasteiger partial charge >= 0.3 is 0 Å². The normalized spacial score (nSPS) is 16.4. The highest BCUT2D eigenvalue weighted by atomic mass is 16.5. The first-order valence-corrected chi connectivity index (χ1v) is 9.13. The molecule has 6 nitrogen and oxygen atoms in total. The van der Waals surface area contributed by atoms with Crippen LogP contribution in [0.15, 0.2) is 34.9 Å². The third-order valence-corrected chi connectivity index (χ3v) is 4.34. The van der Waals surface area contributed by atoms with Gasteiger partial charge in [0, 0.05) is 39.1 Å². The number of hydrogen-bond acceptors (Lipinski definition) is 6. The first-order chi connectivity index (χ1) is 12.2. The molecular formula is C19H28N4O2. The summed E-state index contributed by atoms with van der Waals surface area (Å²) in [5.41, 5.74) is 0. The van der Waals surface area contributed by atoms with Crippen molar-refractivity contribution in [3.8, 4) is 5.75 Å². The van der Waals surface area contributed by atoms with E-state index in [-0.39, 0.29) is 0 Å². The quantitative estimate of drug-likeness (QED) is 0.733. The molecule has 0 aliphatic carbocycles. The van der Waals surface area contributed by atoms with E-state index in [2.05, 4.69) is 33.8 Å². The van der Waals surface area contributed by atoms with Gasteiger partial charge in [0.2, 0.25) is 5.89 Å². The number of nitrogens with zero attached hydrogens (tertiary/aromatic N) is 4. The smallest absolute Gasteiger partial charge is 0.240 e. The lowest BCUT2D eigenvalue weighted by Gasteiger charge is -2.33. The Labute approximate surface area is 149 Å². The van der Waals surface area contributed by atoms with Crippen molar-refractivity contribution in [2.24, 2.45) is 5.92 Å². The number of ether oxygens (including phenoxy) is 1. The summed E-state index contributed by atoms with van der Waals surface area (Å²) >= 11 is 0. The zero-order chi connectivity index (χ0) is 17.5. The molecule has 1 saturated heterocycles. The van der Waals surface area contributed by atoms with Gasteiger partial charge < -0.3 is 9.26 Å². The molecular weight excluding hydrogens is 316 g/mol. The van der Waals surface area contributed by atoms with E-state index in [9.17, 15) is 0 Å². The molecule has 0 amide bonds. The van der Waals surface area contributed by atoms with Crippen LogP contribution in [0.1, 0.15) is 25.6 Å². The highest BCUT2D eigenvalue weighted by Crippen LogP contribution is 2.11. The molecule has 0 N–H and O–H groups in total. The number of hydrogen-bond donors (Lipinski definition) is 0. The second-order valence-electron chi connectivity index (χ2n) is 6.98. The van der Waals surface area contributed by atoms with Crippen LogP contribution in [0.2, 0.25) is 0 Å². The first-order valence-electron chi connectivity index (χ1n) is 9.13. The second kappa shape index (κ2) is 8.97. The largest absolute Gasteiger partial charge is 0.492 e. The lowest BCUT2D eigenvalue weighted by atomic mass is 10.1. The number of piperazine rings is 1. The Bertz CT molecular complexity index is 621. The number of benzene rings is 1. The number of para-hydroxylation sites is 1. The summed E-state index contributed by atoms with van der Waals surface area (Å²) in [6.45, 7) is 10.9. The molecule has 1 fully saturated rings. The van der Waals surface area contributed by atoms with Crippen LogP contribution < -0.4 is 4.74 Å². The topological polar surface area (TPSA) is 54.6 Å². The molecule has 0 saturated carbocycles. The molecule has 2 heterocycles. The summed E-state index contributed by atoms with van der Waals surface area (Å²) < 4.78 is 11.1. The van der Waals surface area contributed by atoms with Crippen LogP contribution in [0.4, 0.5) is 0 Å². The fourth-order valence-electron chi connectivity index (χ4n) is 2.97. The molecule has 1 aliphatic rings. The van der Waals surface area contributed by atoms with Gasteiger partial charge in [0.15, 0.2) is 5.82 Å². The highest BCUT2D eigenvalue weighted by Gasteiger charge is 2.19. The minimum atomic E-state index is 0.548. The molecule has 3 rings (SSSR count). The highest BCUT2D eigenvalue weighted by molar-refractivity contribution is 5.20. The maximum Gasteiger partial charge on any atom is 0.240 e. The molecule has 1 aliphatic heterocycles. The Hall–Kier alpha value is -1.92. The Morgan fingerprint density at radius 3 is 2.52 bits per heavy atom. The summed E-state index contributed by atoms with van der Waals surface area (Å²) in [4.78, 5) is 9.31. The molecule has 0 spiro atoms. The lowest BCUT2D eigenvalue weighted by Crippen LogP contribution is -2.47. The Balaban J connectivity index is 1.35. The van der Waals surface area contributed by atoms with Crippen molar-refractivity contribution in [2.75, 3.05) is 39.3 Å². The fourth-order valence-corrected chi connectivity index (χ4v) is 2.97. The van der Waals surface area contributed by atoms with Crippen molar-refractivity contribution < 1.29 is 9.26 Å². The van der Waals surface area contributed by atoms with E-state index in [4.69, 9.17) is 9.26 Å². The van der Waals surface area contributed by atoms with E-state index in [1.807, 2.05) is 30.3 Å². The predicted octanol–water partition coefficient (Wildman–Crippen LogP) is 2.46. The number of aromatic nitrogens is 2. The van der Waals surface area contributed by atoms with Crippen LogP contribution >= 0.6 is 0 Å². The molecule has 0 atom stereocenters. The first kappa shape index (κ1) is 17.9. The van der Waals surface area contributed by atoms with Gasteiger partial charge in [0.1, 0.15) is 12.4 Å². The van der Waals surface area contributed by atoms with Crippen molar-refractivity contribution in [3.63, 3.8) is 0 Å². The van der Waals surface area contributed by atoms with Gasteiger partial charge in [-0.15, -0.1) is 0 Å². The van der Waals surface area contributed by atoms with Gasteiger partial charge in [-0.1, -0.05) is 37.2 Å². The third-order valence-electron chi connectivity index (χ3n) is 4.34. The van der Waals surface area contributed by atoms with Crippen LogP contribution in [-0.2, 0) is 13.0 Å². The van der Waals surface area contributed by atoms with Crippen LogP contribution in [-0.4, -0.2) is 59.3 Å². The average molecular weight is 344 g/mol. The second-order valence-corrected chi connectivity index (χ2v) is 6.98. The Kier molecular flexibility index (Phi) is 6.42. The molecule has 0 radical (unpaired) electrons. The van der Waals surface area contributed by atoms with Crippen LogP contribution in [0.5, 0.6) is 5.75 Å². The van der Waals surface area contributed by atoms with E-state index in [1.54, 1.807) is 0 Å². The monoisotopic (exact) mass is 344 g/mol. The molecule has 0 unspecified atom stereocenters. The lowest BCUT2D eigenvalue weighted by molar-refractivity contribution is 0.104. The van der Waals surface area contributed by atoms with Crippen molar-refractivity contribution >= 4 is 0 Å². The standard InChI is InChI=1S/C19H28N4O2/c1-16(2)14-18-20-19(25-21-18)15-23-10-8-22(9-11-23)12-13-24-17-6-4-3-5-7-17/h3-7,16H,8-15H2,1-2H3. The van der Waals surface area contributed by atoms with Crippen molar-refractivity contribution in [3.05, 3.63) is 42.0 Å². The summed E-state index contributed by atoms with van der Waals surface area (Å²) in [5, 5.41) is 4.07. The van der Waals surface area contributed by atoms with Gasteiger partial charge in [-0.25, -0.2) is 0 Å². The van der Waals surface area contributed by atoms with Crippen molar-refractivity contribution in [1.29, 1.82) is 0 Å². The van der Waals surface area contributed by atoms with Crippen molar-refractivity contribution in [2.45, 2.75) is 26.8 Å². The fraction of sp³-hybridized carbons (Fsp3) is 0.579. The zero-order valence-electron chi connectivity index (χ0n) is 15.2. The van der Waals surface area contributed by atoms with Gasteiger partial charge in [-0.2, -0.15) is 4.98 Å². The molecule has 136 valence electrons. The van der Waals surface area contributed by atoms with Gasteiger partial charge in [0.25, 0.3) is 0 Å². The molecule has 2 aromatic rings. The predicted molar refractivity (Wildman–Crippen MR) is 96.5 cm³/mol. The third kappa shape index (κ3) is 5.83. The summed E-state index contributed by atoms with van der Waals surface area (Å²) in [7, 11) is 0. The summed E-state index contributed by atoms with van der Waals surface area (Å²) in [6, 6.07) is 9.99. The van der Waals surface area contributed by atoms with Gasteiger partial charge in [-0.05, 0) is 18.1 Å². The molecule has 1 aromatic carbocycles. The SMILES string of the molecule is CC(C)Cc1noc(CN2CCN(CCOc3ccccc3)CC2)n1. The number of rotatable bonds is 8. The average Bonchev–Trinajstić information content (AvgIpc) is 3.03. The van der Waals surface area contributed by atoms with E-state index in [0.29, 0.717) is 5.92 Å². The van der Waals surface area contributed by atoms with E-state index in [0.717, 1.165) is 69.8 Å².